The molecule has 0 aliphatic heterocycles. The average Bonchev–Trinajstić information content (AvgIpc) is 2.25. The summed E-state index contributed by atoms with van der Waals surface area (Å²) in [5.41, 5.74) is 6.57. The lowest BCUT2D eigenvalue weighted by Crippen LogP contribution is -2.44. The summed E-state index contributed by atoms with van der Waals surface area (Å²) in [6.45, 7) is 10.1. The van der Waals surface area contributed by atoms with Crippen molar-refractivity contribution < 1.29 is 4.74 Å². The van der Waals surface area contributed by atoms with Crippen LogP contribution in [0, 0.1) is 11.3 Å². The molecular weight excluding hydrogens is 210 g/mol. The third-order valence-corrected chi connectivity index (χ3v) is 4.15. The van der Waals surface area contributed by atoms with Crippen LogP contribution in [-0.2, 0) is 4.74 Å². The number of ether oxygens (including phenoxy) is 1. The Morgan fingerprint density at radius 2 is 1.88 bits per heavy atom. The fourth-order valence-corrected chi connectivity index (χ4v) is 2.72. The Balaban J connectivity index is 2.36. The van der Waals surface area contributed by atoms with Gasteiger partial charge in [-0.15, -0.1) is 0 Å². The van der Waals surface area contributed by atoms with E-state index in [1.165, 1.54) is 25.7 Å². The second kappa shape index (κ2) is 6.75. The summed E-state index contributed by atoms with van der Waals surface area (Å²) in [6.07, 6.45) is 7.54. The summed E-state index contributed by atoms with van der Waals surface area (Å²) in [5.74, 6) is 0.762. The van der Waals surface area contributed by atoms with Gasteiger partial charge in [0.1, 0.15) is 0 Å². The molecule has 1 fully saturated rings. The Labute approximate surface area is 107 Å². The van der Waals surface area contributed by atoms with Crippen molar-refractivity contribution in [2.45, 2.75) is 78.4 Å². The maximum absolute atomic E-state index is 6.17. The van der Waals surface area contributed by atoms with Crippen LogP contribution in [0.3, 0.4) is 0 Å². The quantitative estimate of drug-likeness (QED) is 0.744. The monoisotopic (exact) mass is 241 g/mol. The van der Waals surface area contributed by atoms with Gasteiger partial charge in [0.25, 0.3) is 0 Å². The van der Waals surface area contributed by atoms with Crippen molar-refractivity contribution >= 4 is 0 Å². The molecule has 2 N–H and O–H groups in total. The van der Waals surface area contributed by atoms with Crippen molar-refractivity contribution in [1.82, 2.24) is 0 Å². The van der Waals surface area contributed by atoms with Gasteiger partial charge in [0.2, 0.25) is 0 Å². The topological polar surface area (TPSA) is 35.2 Å². The zero-order valence-electron chi connectivity index (χ0n) is 12.2. The highest BCUT2D eigenvalue weighted by Crippen LogP contribution is 2.38. The molecule has 2 nitrogen and oxygen atoms in total. The first-order valence-electron chi connectivity index (χ1n) is 7.32. The minimum Gasteiger partial charge on any atom is -0.377 e. The molecule has 0 saturated heterocycles. The van der Waals surface area contributed by atoms with E-state index in [1.807, 2.05) is 0 Å². The average molecular weight is 241 g/mol. The van der Waals surface area contributed by atoms with Crippen molar-refractivity contribution in [2.24, 2.45) is 17.1 Å². The molecule has 0 amide bonds. The van der Waals surface area contributed by atoms with Gasteiger partial charge < -0.3 is 10.5 Å². The van der Waals surface area contributed by atoms with Gasteiger partial charge in [-0.05, 0) is 37.0 Å². The maximum Gasteiger partial charge on any atom is 0.0728 e. The van der Waals surface area contributed by atoms with Crippen molar-refractivity contribution in [3.05, 3.63) is 0 Å². The number of nitrogens with two attached hydrogens (primary N) is 1. The Morgan fingerprint density at radius 1 is 1.18 bits per heavy atom. The lowest BCUT2D eigenvalue weighted by Gasteiger charge is -2.40. The van der Waals surface area contributed by atoms with Crippen LogP contribution in [0.5, 0.6) is 0 Å². The predicted molar refractivity (Wildman–Crippen MR) is 74.0 cm³/mol. The lowest BCUT2D eigenvalue weighted by atomic mass is 9.70. The molecule has 0 spiro atoms. The van der Waals surface area contributed by atoms with E-state index >= 15 is 0 Å². The number of rotatable bonds is 5. The Kier molecular flexibility index (Phi) is 5.94. The molecule has 1 aliphatic rings. The SMILES string of the molecule is CCCCCOC1CC(C(C)(C)C)CCC1N. The first kappa shape index (κ1) is 15.0. The maximum atomic E-state index is 6.17. The van der Waals surface area contributed by atoms with E-state index in [-0.39, 0.29) is 6.04 Å². The number of hydrogen-bond acceptors (Lipinski definition) is 2. The Hall–Kier alpha value is -0.0800. The van der Waals surface area contributed by atoms with E-state index in [9.17, 15) is 0 Å². The fraction of sp³-hybridized carbons (Fsp3) is 1.00. The van der Waals surface area contributed by atoms with E-state index in [4.69, 9.17) is 10.5 Å². The summed E-state index contributed by atoms with van der Waals surface area (Å²) in [6, 6.07) is 0.259. The third kappa shape index (κ3) is 4.97. The predicted octanol–water partition coefficient (Wildman–Crippen LogP) is 3.74. The zero-order valence-corrected chi connectivity index (χ0v) is 12.2. The van der Waals surface area contributed by atoms with Crippen LogP contribution < -0.4 is 5.73 Å². The molecule has 0 aromatic heterocycles. The van der Waals surface area contributed by atoms with Crippen molar-refractivity contribution in [2.75, 3.05) is 6.61 Å². The van der Waals surface area contributed by atoms with Crippen molar-refractivity contribution in [1.29, 1.82) is 0 Å². The highest BCUT2D eigenvalue weighted by molar-refractivity contribution is 4.88. The molecule has 102 valence electrons. The van der Waals surface area contributed by atoms with Gasteiger partial charge in [-0.1, -0.05) is 40.5 Å². The highest BCUT2D eigenvalue weighted by Gasteiger charge is 2.34. The molecule has 0 aromatic carbocycles. The second-order valence-electron chi connectivity index (χ2n) is 6.66. The van der Waals surface area contributed by atoms with E-state index in [0.717, 1.165) is 25.4 Å². The molecule has 0 bridgehead atoms. The van der Waals surface area contributed by atoms with Gasteiger partial charge in [-0.25, -0.2) is 0 Å². The highest BCUT2D eigenvalue weighted by atomic mass is 16.5. The molecule has 2 heteroatoms. The largest absolute Gasteiger partial charge is 0.377 e. The Morgan fingerprint density at radius 3 is 2.47 bits per heavy atom. The van der Waals surface area contributed by atoms with Crippen LogP contribution in [0.4, 0.5) is 0 Å². The van der Waals surface area contributed by atoms with E-state index in [0.29, 0.717) is 11.5 Å². The first-order chi connectivity index (χ1) is 7.95. The van der Waals surface area contributed by atoms with Crippen molar-refractivity contribution in [3.8, 4) is 0 Å². The van der Waals surface area contributed by atoms with Gasteiger partial charge >= 0.3 is 0 Å². The molecule has 3 unspecified atom stereocenters. The van der Waals surface area contributed by atoms with Crippen LogP contribution in [0.2, 0.25) is 0 Å². The molecule has 1 saturated carbocycles. The number of unbranched alkanes of at least 4 members (excludes halogenated alkanes) is 2. The minimum absolute atomic E-state index is 0.259. The first-order valence-corrected chi connectivity index (χ1v) is 7.32. The second-order valence-corrected chi connectivity index (χ2v) is 6.66. The van der Waals surface area contributed by atoms with Crippen LogP contribution in [0.25, 0.3) is 0 Å². The fourth-order valence-electron chi connectivity index (χ4n) is 2.72. The molecule has 0 radical (unpaired) electrons. The van der Waals surface area contributed by atoms with Crippen molar-refractivity contribution in [3.63, 3.8) is 0 Å². The Bertz CT molecular complexity index is 209. The molecular formula is C15H31NO. The molecule has 1 aliphatic carbocycles. The summed E-state index contributed by atoms with van der Waals surface area (Å²) >= 11 is 0. The van der Waals surface area contributed by atoms with Crippen LogP contribution >= 0.6 is 0 Å². The molecule has 3 atom stereocenters. The zero-order chi connectivity index (χ0) is 12.9. The van der Waals surface area contributed by atoms with Crippen LogP contribution in [-0.4, -0.2) is 18.8 Å². The summed E-state index contributed by atoms with van der Waals surface area (Å²) in [5, 5.41) is 0. The molecule has 1 rings (SSSR count). The van der Waals surface area contributed by atoms with Gasteiger partial charge in [0, 0.05) is 12.6 Å². The van der Waals surface area contributed by atoms with Gasteiger partial charge in [0.05, 0.1) is 6.10 Å². The van der Waals surface area contributed by atoms with Gasteiger partial charge in [-0.2, -0.15) is 0 Å². The molecule has 17 heavy (non-hydrogen) atoms. The van der Waals surface area contributed by atoms with E-state index in [2.05, 4.69) is 27.7 Å². The summed E-state index contributed by atoms with van der Waals surface area (Å²) in [4.78, 5) is 0. The molecule has 0 aromatic rings. The van der Waals surface area contributed by atoms with Crippen LogP contribution in [0.15, 0.2) is 0 Å². The third-order valence-electron chi connectivity index (χ3n) is 4.15. The minimum atomic E-state index is 0.259. The molecule has 0 heterocycles. The van der Waals surface area contributed by atoms with Crippen LogP contribution in [0.1, 0.15) is 66.2 Å². The summed E-state index contributed by atoms with van der Waals surface area (Å²) < 4.78 is 6.00. The van der Waals surface area contributed by atoms with E-state index < -0.39 is 0 Å². The van der Waals surface area contributed by atoms with Gasteiger partial charge in [0.15, 0.2) is 0 Å². The summed E-state index contributed by atoms with van der Waals surface area (Å²) in [7, 11) is 0. The smallest absolute Gasteiger partial charge is 0.0728 e. The standard InChI is InChI=1S/C15H31NO/c1-5-6-7-10-17-14-11-12(15(2,3)4)8-9-13(14)16/h12-14H,5-11,16H2,1-4H3. The number of hydrogen-bond donors (Lipinski definition) is 1. The lowest BCUT2D eigenvalue weighted by molar-refractivity contribution is -0.0201. The normalized spacial score (nSPS) is 30.5. The van der Waals surface area contributed by atoms with E-state index in [1.54, 1.807) is 0 Å². The van der Waals surface area contributed by atoms with Gasteiger partial charge in [-0.3, -0.25) is 0 Å².